The fraction of sp³-hybridized carbons (Fsp3) is 0.429. The maximum absolute atomic E-state index is 12.5. The summed E-state index contributed by atoms with van der Waals surface area (Å²) in [5.74, 6) is -0.409. The molecule has 6 heteroatoms. The number of fused-ring (bicyclic) bond motifs is 1. The Kier molecular flexibility index (Phi) is 7.01. The van der Waals surface area contributed by atoms with Gasteiger partial charge in [0.15, 0.2) is 6.54 Å². The lowest BCUT2D eigenvalue weighted by Crippen LogP contribution is -2.84. The first-order valence-electron chi connectivity index (χ1n) is 9.66. The molecule has 1 aromatic carbocycles. The van der Waals surface area contributed by atoms with Crippen LogP contribution in [0.3, 0.4) is 0 Å². The van der Waals surface area contributed by atoms with Crippen molar-refractivity contribution < 1.29 is 19.6 Å². The third-order valence-corrected chi connectivity index (χ3v) is 5.91. The molecule has 27 heavy (non-hydrogen) atoms. The molecular weight excluding hydrogens is 360 g/mol. The molecule has 0 radical (unpaired) electrons. The molecule has 1 aromatic heterocycles. The lowest BCUT2D eigenvalue weighted by Gasteiger charge is -2.08. The predicted molar refractivity (Wildman–Crippen MR) is 107 cm³/mol. The molecule has 0 atom stereocenters. The van der Waals surface area contributed by atoms with Crippen molar-refractivity contribution in [1.29, 1.82) is 0 Å². The lowest BCUT2D eigenvalue weighted by molar-refractivity contribution is -0.659. The van der Waals surface area contributed by atoms with E-state index in [0.29, 0.717) is 23.7 Å². The van der Waals surface area contributed by atoms with Crippen LogP contribution >= 0.6 is 11.3 Å². The Balaban J connectivity index is 1.67. The van der Waals surface area contributed by atoms with Gasteiger partial charge in [-0.2, -0.15) is 0 Å². The highest BCUT2D eigenvalue weighted by Gasteiger charge is 2.26. The van der Waals surface area contributed by atoms with E-state index in [-0.39, 0.29) is 11.9 Å². The number of quaternary nitrogens is 1. The second kappa shape index (κ2) is 9.67. The second-order valence-electron chi connectivity index (χ2n) is 6.72. The van der Waals surface area contributed by atoms with Crippen molar-refractivity contribution in [3.05, 3.63) is 51.9 Å². The summed E-state index contributed by atoms with van der Waals surface area (Å²) in [4.78, 5) is 26.2. The molecular formula is C21H27N2O3S+. The van der Waals surface area contributed by atoms with Gasteiger partial charge in [0.25, 0.3) is 5.91 Å². The molecule has 1 aliphatic carbocycles. The number of esters is 1. The molecule has 0 saturated carbocycles. The highest BCUT2D eigenvalue weighted by molar-refractivity contribution is 7.17. The van der Waals surface area contributed by atoms with Crippen LogP contribution in [0.15, 0.2) is 30.3 Å². The highest BCUT2D eigenvalue weighted by atomic mass is 32.1. The molecule has 5 nitrogen and oxygen atoms in total. The number of hydrogen-bond donors (Lipinski definition) is 2. The third kappa shape index (κ3) is 5.17. The Morgan fingerprint density at radius 2 is 1.93 bits per heavy atom. The summed E-state index contributed by atoms with van der Waals surface area (Å²) in [6.07, 6.45) is 5.25. The minimum absolute atomic E-state index is 0.0899. The quantitative estimate of drug-likeness (QED) is 0.567. The number of amides is 1. The number of rotatable bonds is 7. The fourth-order valence-corrected chi connectivity index (χ4v) is 4.71. The Morgan fingerprint density at radius 1 is 1.15 bits per heavy atom. The van der Waals surface area contributed by atoms with Crippen LogP contribution in [0.4, 0.5) is 5.00 Å². The standard InChI is InChI=1S/C21H26N2O3S/c1-2-26-21(25)19-16-11-7-4-8-12-17(16)27-20(19)23-18(24)14-22-13-15-9-5-3-6-10-15/h3,5-6,9-10,22H,2,4,7-8,11-14H2,1H3,(H,23,24)/p+1. The number of carbonyl (C=O) groups excluding carboxylic acids is 2. The fourth-order valence-electron chi connectivity index (χ4n) is 3.41. The monoisotopic (exact) mass is 387 g/mol. The molecule has 0 fully saturated rings. The summed E-state index contributed by atoms with van der Waals surface area (Å²) in [5, 5.41) is 5.58. The Morgan fingerprint density at radius 3 is 2.70 bits per heavy atom. The SMILES string of the molecule is CCOC(=O)c1c(NC(=O)C[NH2+]Cc2ccccc2)sc2c1CCCCC2. The molecule has 144 valence electrons. The zero-order valence-electron chi connectivity index (χ0n) is 15.8. The molecule has 1 heterocycles. The van der Waals surface area contributed by atoms with Crippen molar-refractivity contribution >= 4 is 28.2 Å². The van der Waals surface area contributed by atoms with Crippen molar-refractivity contribution in [2.45, 2.75) is 45.6 Å². The number of aryl methyl sites for hydroxylation is 1. The van der Waals surface area contributed by atoms with E-state index in [4.69, 9.17) is 4.74 Å². The van der Waals surface area contributed by atoms with Crippen LogP contribution in [-0.2, 0) is 28.9 Å². The van der Waals surface area contributed by atoms with Crippen molar-refractivity contribution in [1.82, 2.24) is 0 Å². The lowest BCUT2D eigenvalue weighted by atomic mass is 10.1. The Hall–Kier alpha value is -2.18. The smallest absolute Gasteiger partial charge is 0.341 e. The molecule has 0 saturated heterocycles. The van der Waals surface area contributed by atoms with E-state index < -0.39 is 0 Å². The number of hydrogen-bond acceptors (Lipinski definition) is 4. The van der Waals surface area contributed by atoms with Crippen LogP contribution < -0.4 is 10.6 Å². The number of carbonyl (C=O) groups is 2. The zero-order valence-corrected chi connectivity index (χ0v) is 16.6. The van der Waals surface area contributed by atoms with Crippen molar-refractivity contribution in [3.8, 4) is 0 Å². The van der Waals surface area contributed by atoms with Gasteiger partial charge < -0.3 is 15.4 Å². The normalized spacial score (nSPS) is 13.5. The third-order valence-electron chi connectivity index (χ3n) is 4.71. The molecule has 1 amide bonds. The predicted octanol–water partition coefficient (Wildman–Crippen LogP) is 2.90. The van der Waals surface area contributed by atoms with Crippen LogP contribution in [0.1, 0.15) is 52.5 Å². The first-order valence-corrected chi connectivity index (χ1v) is 10.5. The first-order chi connectivity index (χ1) is 13.2. The summed E-state index contributed by atoms with van der Waals surface area (Å²) in [5.41, 5.74) is 2.84. The van der Waals surface area contributed by atoms with E-state index in [1.165, 1.54) is 16.9 Å². The Bertz CT molecular complexity index is 786. The van der Waals surface area contributed by atoms with Gasteiger partial charge in [-0.25, -0.2) is 4.79 Å². The number of benzene rings is 1. The van der Waals surface area contributed by atoms with Gasteiger partial charge in [0.2, 0.25) is 0 Å². The number of anilines is 1. The number of nitrogens with two attached hydrogens (primary N) is 1. The second-order valence-corrected chi connectivity index (χ2v) is 7.82. The van der Waals surface area contributed by atoms with Gasteiger partial charge in [0.05, 0.1) is 12.2 Å². The van der Waals surface area contributed by atoms with E-state index in [2.05, 4.69) is 5.32 Å². The summed E-state index contributed by atoms with van der Waals surface area (Å²) >= 11 is 1.54. The zero-order chi connectivity index (χ0) is 19.1. The largest absolute Gasteiger partial charge is 0.462 e. The molecule has 0 spiro atoms. The summed E-state index contributed by atoms with van der Waals surface area (Å²) in [7, 11) is 0. The van der Waals surface area contributed by atoms with Crippen LogP contribution in [0.5, 0.6) is 0 Å². The van der Waals surface area contributed by atoms with Gasteiger partial charge in [0, 0.05) is 10.4 Å². The van der Waals surface area contributed by atoms with E-state index in [0.717, 1.165) is 37.8 Å². The molecule has 3 N–H and O–H groups in total. The van der Waals surface area contributed by atoms with Gasteiger partial charge in [-0.1, -0.05) is 36.8 Å². The number of nitrogens with one attached hydrogen (secondary N) is 1. The maximum atomic E-state index is 12.5. The van der Waals surface area contributed by atoms with Crippen LogP contribution in [-0.4, -0.2) is 25.0 Å². The average molecular weight is 388 g/mol. The van der Waals surface area contributed by atoms with E-state index in [9.17, 15) is 9.59 Å². The van der Waals surface area contributed by atoms with Crippen LogP contribution in [0.2, 0.25) is 0 Å². The van der Waals surface area contributed by atoms with Crippen molar-refractivity contribution in [2.24, 2.45) is 0 Å². The highest BCUT2D eigenvalue weighted by Crippen LogP contribution is 2.37. The molecule has 1 aliphatic rings. The van der Waals surface area contributed by atoms with E-state index in [1.807, 2.05) is 35.6 Å². The van der Waals surface area contributed by atoms with Gasteiger partial charge in [-0.15, -0.1) is 11.3 Å². The molecule has 2 aromatic rings. The first kappa shape index (κ1) is 19.6. The summed E-state index contributed by atoms with van der Waals surface area (Å²) in [6.45, 7) is 3.21. The minimum Gasteiger partial charge on any atom is -0.462 e. The van der Waals surface area contributed by atoms with Crippen molar-refractivity contribution in [2.75, 3.05) is 18.5 Å². The van der Waals surface area contributed by atoms with E-state index >= 15 is 0 Å². The van der Waals surface area contributed by atoms with Gasteiger partial charge in [-0.3, -0.25) is 4.79 Å². The minimum atomic E-state index is -0.319. The summed E-state index contributed by atoms with van der Waals surface area (Å²) in [6, 6.07) is 10.1. The molecule has 0 aliphatic heterocycles. The Labute approximate surface area is 164 Å². The molecule has 3 rings (SSSR count). The van der Waals surface area contributed by atoms with Gasteiger partial charge in [0.1, 0.15) is 11.5 Å². The number of thiophene rings is 1. The van der Waals surface area contributed by atoms with Crippen molar-refractivity contribution in [3.63, 3.8) is 0 Å². The molecule has 0 unspecified atom stereocenters. The topological polar surface area (TPSA) is 72.0 Å². The number of ether oxygens (including phenoxy) is 1. The average Bonchev–Trinajstić information content (AvgIpc) is 2.83. The summed E-state index contributed by atoms with van der Waals surface area (Å²) < 4.78 is 5.26. The van der Waals surface area contributed by atoms with Gasteiger partial charge >= 0.3 is 5.97 Å². The van der Waals surface area contributed by atoms with Crippen LogP contribution in [0, 0.1) is 0 Å². The van der Waals surface area contributed by atoms with E-state index in [1.54, 1.807) is 18.3 Å². The van der Waals surface area contributed by atoms with Gasteiger partial charge in [-0.05, 0) is 38.2 Å². The van der Waals surface area contributed by atoms with Crippen LogP contribution in [0.25, 0.3) is 0 Å². The molecule has 0 bridgehead atoms. The maximum Gasteiger partial charge on any atom is 0.341 e.